The second-order valence-electron chi connectivity index (χ2n) is 11.0. The van der Waals surface area contributed by atoms with Crippen LogP contribution in [0.1, 0.15) is 36.7 Å². The van der Waals surface area contributed by atoms with Crippen molar-refractivity contribution in [2.45, 2.75) is 63.2 Å². The average Bonchev–Trinajstić information content (AvgIpc) is 3.75. The molecule has 2 aliphatic rings. The third-order valence-electron chi connectivity index (χ3n) is 7.87. The number of ether oxygens (including phenoxy) is 4. The van der Waals surface area contributed by atoms with Gasteiger partial charge < -0.3 is 39.4 Å². The Hall–Kier alpha value is -4.64. The van der Waals surface area contributed by atoms with E-state index in [0.29, 0.717) is 11.3 Å². The summed E-state index contributed by atoms with van der Waals surface area (Å²) in [5, 5.41) is 49.6. The van der Waals surface area contributed by atoms with E-state index in [1.165, 1.54) is 4.68 Å². The van der Waals surface area contributed by atoms with Gasteiger partial charge in [-0.3, -0.25) is 0 Å². The van der Waals surface area contributed by atoms with Gasteiger partial charge in [0.2, 0.25) is 0 Å². The molecule has 7 atom stereocenters. The summed E-state index contributed by atoms with van der Waals surface area (Å²) in [5.41, 5.74) is 6.04. The number of rotatable bonds is 10. The summed E-state index contributed by atoms with van der Waals surface area (Å²) in [6.45, 7) is 2.57. The Bertz CT molecular complexity index is 1540. The Kier molecular flexibility index (Phi) is 11.5. The number of aliphatic hydroxyl groups excluding tert-OH is 4. The topological polar surface area (TPSA) is 198 Å². The first-order chi connectivity index (χ1) is 23.3. The predicted octanol–water partition coefficient (Wildman–Crippen LogP) is 1.70. The molecule has 5 N–H and O–H groups in total. The quantitative estimate of drug-likeness (QED) is 0.197. The van der Waals surface area contributed by atoms with Crippen LogP contribution in [0.3, 0.4) is 0 Å². The predicted molar refractivity (Wildman–Crippen MR) is 168 cm³/mol. The minimum atomic E-state index is -1.60. The lowest BCUT2D eigenvalue weighted by atomic mass is 9.90. The van der Waals surface area contributed by atoms with E-state index < -0.39 is 61.6 Å². The van der Waals surface area contributed by atoms with Gasteiger partial charge in [0, 0.05) is 0 Å². The van der Waals surface area contributed by atoms with Gasteiger partial charge in [-0.05, 0) is 36.1 Å². The summed E-state index contributed by atoms with van der Waals surface area (Å²) in [6, 6.07) is 17.6. The molecule has 2 aromatic carbocycles. The van der Waals surface area contributed by atoms with Gasteiger partial charge in [-0.25, -0.2) is 24.7 Å². The minimum Gasteiger partial charge on any atom is -0.449 e. The van der Waals surface area contributed by atoms with Gasteiger partial charge in [0.25, 0.3) is 0 Å². The van der Waals surface area contributed by atoms with Crippen LogP contribution in [0, 0.1) is 0 Å². The molecule has 2 heterocycles. The summed E-state index contributed by atoms with van der Waals surface area (Å²) in [5.74, 6) is 0. The fourth-order valence-electron chi connectivity index (χ4n) is 5.64. The van der Waals surface area contributed by atoms with Gasteiger partial charge in [-0.15, -0.1) is 5.10 Å². The molecule has 1 fully saturated rings. The molecule has 3 aromatic rings. The van der Waals surface area contributed by atoms with E-state index in [-0.39, 0.29) is 19.8 Å². The zero-order chi connectivity index (χ0) is 34.2. The lowest BCUT2D eigenvalue weighted by Gasteiger charge is -2.39. The molecule has 0 unspecified atom stereocenters. The Balaban J connectivity index is 1.53. The first-order valence-electron chi connectivity index (χ1n) is 15.5. The van der Waals surface area contributed by atoms with E-state index in [1.807, 2.05) is 72.8 Å². The van der Waals surface area contributed by atoms with Crippen molar-refractivity contribution in [1.82, 2.24) is 25.4 Å². The van der Waals surface area contributed by atoms with Gasteiger partial charge >= 0.3 is 12.2 Å². The van der Waals surface area contributed by atoms with Gasteiger partial charge in [-0.1, -0.05) is 78.0 Å². The SMILES string of the molecule is CCOC(=O)NN(C(=O)OCC)[C@@H]1C(=C(c2ccccc2)c2ccccc2)C=C[C@H]1n1cc(CO[C@@H]2O[C@H](CO)[C@H](O)[C@H](O)[C@H]2O)nn1. The number of aliphatic hydroxyl groups is 4. The number of carbonyl (C=O) groups excluding carboxylic acids is 2. The van der Waals surface area contributed by atoms with Crippen LogP contribution in [0.5, 0.6) is 0 Å². The minimum absolute atomic E-state index is 0.0384. The average molecular weight is 666 g/mol. The van der Waals surface area contributed by atoms with Crippen LogP contribution in [0.2, 0.25) is 0 Å². The highest BCUT2D eigenvalue weighted by Gasteiger charge is 2.44. The van der Waals surface area contributed by atoms with Crippen molar-refractivity contribution in [2.75, 3.05) is 19.8 Å². The van der Waals surface area contributed by atoms with Crippen molar-refractivity contribution < 1.29 is 49.0 Å². The number of hydrogen-bond acceptors (Lipinski definition) is 12. The number of carbonyl (C=O) groups is 2. The third kappa shape index (κ3) is 7.57. The summed E-state index contributed by atoms with van der Waals surface area (Å²) >= 11 is 0. The number of hydrogen-bond donors (Lipinski definition) is 5. The highest BCUT2D eigenvalue weighted by atomic mass is 16.7. The number of amides is 2. The van der Waals surface area contributed by atoms with Crippen LogP contribution >= 0.6 is 0 Å². The van der Waals surface area contributed by atoms with Gasteiger partial charge in [0.05, 0.1) is 38.7 Å². The molecule has 0 spiro atoms. The molecule has 1 aromatic heterocycles. The Morgan fingerprint density at radius 2 is 1.58 bits per heavy atom. The van der Waals surface area contributed by atoms with Crippen molar-refractivity contribution in [2.24, 2.45) is 0 Å². The second-order valence-corrected chi connectivity index (χ2v) is 11.0. The van der Waals surface area contributed by atoms with Crippen molar-refractivity contribution in [3.05, 3.63) is 101 Å². The molecule has 0 radical (unpaired) electrons. The molecule has 1 aliphatic carbocycles. The van der Waals surface area contributed by atoms with E-state index in [1.54, 1.807) is 20.0 Å². The summed E-state index contributed by atoms with van der Waals surface area (Å²) in [7, 11) is 0. The Morgan fingerprint density at radius 3 is 2.19 bits per heavy atom. The normalized spacial score (nSPS) is 25.0. The third-order valence-corrected chi connectivity index (χ3v) is 7.87. The lowest BCUT2D eigenvalue weighted by Crippen LogP contribution is -2.59. The largest absolute Gasteiger partial charge is 0.449 e. The maximum absolute atomic E-state index is 13.5. The molecule has 5 rings (SSSR count). The standard InChI is InChI=1S/C33H39N5O10/c1-3-45-32(43)35-38(33(44)46-4-2)27-23(26(20-11-7-5-8-12-20)21-13-9-6-10-14-21)15-16-24(27)37-17-22(34-36-37)19-47-31-30(42)29(41)28(40)25(18-39)48-31/h5-17,24-25,27-31,39-42H,3-4,18-19H2,1-2H3,(H,35,43)/t24-,25-,27-,28+,29+,30-,31-/m1/s1. The number of aromatic nitrogens is 3. The van der Waals surface area contributed by atoms with Crippen molar-refractivity contribution in [3.63, 3.8) is 0 Å². The maximum atomic E-state index is 13.5. The van der Waals surface area contributed by atoms with E-state index in [2.05, 4.69) is 15.7 Å². The van der Waals surface area contributed by atoms with Gasteiger partial charge in [0.15, 0.2) is 6.29 Å². The second kappa shape index (κ2) is 16.0. The molecular weight excluding hydrogens is 626 g/mol. The van der Waals surface area contributed by atoms with E-state index in [4.69, 9.17) is 18.9 Å². The lowest BCUT2D eigenvalue weighted by molar-refractivity contribution is -0.304. The van der Waals surface area contributed by atoms with E-state index in [9.17, 15) is 30.0 Å². The van der Waals surface area contributed by atoms with Crippen LogP contribution < -0.4 is 5.43 Å². The zero-order valence-corrected chi connectivity index (χ0v) is 26.4. The fourth-order valence-corrected chi connectivity index (χ4v) is 5.64. The van der Waals surface area contributed by atoms with E-state index in [0.717, 1.165) is 21.7 Å². The van der Waals surface area contributed by atoms with Crippen LogP contribution in [-0.4, -0.2) is 109 Å². The highest BCUT2D eigenvalue weighted by molar-refractivity contribution is 5.86. The number of hydrazine groups is 1. The summed E-state index contributed by atoms with van der Waals surface area (Å²) in [6.07, 6.45) is -3.66. The van der Waals surface area contributed by atoms with Crippen molar-refractivity contribution in [3.8, 4) is 0 Å². The number of nitrogens with zero attached hydrogens (tertiary/aromatic N) is 4. The van der Waals surface area contributed by atoms with Crippen molar-refractivity contribution >= 4 is 17.8 Å². The molecule has 0 saturated carbocycles. The van der Waals surface area contributed by atoms with Crippen LogP contribution in [-0.2, 0) is 25.6 Å². The van der Waals surface area contributed by atoms with Crippen molar-refractivity contribution in [1.29, 1.82) is 0 Å². The maximum Gasteiger partial charge on any atom is 0.429 e. The summed E-state index contributed by atoms with van der Waals surface area (Å²) < 4.78 is 23.1. The molecule has 1 saturated heterocycles. The Morgan fingerprint density at radius 1 is 0.938 bits per heavy atom. The first-order valence-corrected chi connectivity index (χ1v) is 15.5. The monoisotopic (exact) mass is 665 g/mol. The molecule has 256 valence electrons. The first kappa shape index (κ1) is 34.7. The van der Waals surface area contributed by atoms with E-state index >= 15 is 0 Å². The molecule has 1 aliphatic heterocycles. The molecule has 48 heavy (non-hydrogen) atoms. The smallest absolute Gasteiger partial charge is 0.429 e. The molecular formula is C33H39N5O10. The zero-order valence-electron chi connectivity index (χ0n) is 26.4. The van der Waals surface area contributed by atoms with Gasteiger partial charge in [0.1, 0.15) is 36.2 Å². The number of nitrogens with one attached hydrogen (secondary N) is 1. The molecule has 2 amide bonds. The molecule has 0 bridgehead atoms. The highest BCUT2D eigenvalue weighted by Crippen LogP contribution is 2.39. The number of benzene rings is 2. The van der Waals surface area contributed by atoms with Crippen LogP contribution in [0.25, 0.3) is 5.57 Å². The molecule has 15 nitrogen and oxygen atoms in total. The summed E-state index contributed by atoms with van der Waals surface area (Å²) in [4.78, 5) is 26.3. The van der Waals surface area contributed by atoms with Gasteiger partial charge in [-0.2, -0.15) is 0 Å². The Labute approximate surface area is 276 Å². The van der Waals surface area contributed by atoms with Crippen LogP contribution in [0.15, 0.2) is 84.6 Å². The fraction of sp³-hybridized carbons (Fsp3) is 0.394. The van der Waals surface area contributed by atoms with Crippen LogP contribution in [0.4, 0.5) is 9.59 Å². The molecule has 15 heteroatoms.